The Kier molecular flexibility index (Phi) is 4.25. The van der Waals surface area contributed by atoms with Crippen LogP contribution in [0, 0.1) is 0 Å². The quantitative estimate of drug-likeness (QED) is 0.622. The Morgan fingerprint density at radius 3 is 2.96 bits per heavy atom. The molecule has 122 valence electrons. The molecule has 1 aliphatic rings. The molecule has 5 heteroatoms. The number of hydrogen-bond donors (Lipinski definition) is 0. The number of hydrogen-bond acceptors (Lipinski definition) is 3. The molecule has 0 aliphatic carbocycles. The highest BCUT2D eigenvalue weighted by atomic mass is 35.5. The number of benzene rings is 1. The summed E-state index contributed by atoms with van der Waals surface area (Å²) in [6.45, 7) is 0.792. The Morgan fingerprint density at radius 1 is 1.25 bits per heavy atom. The van der Waals surface area contributed by atoms with Crippen LogP contribution >= 0.6 is 22.9 Å². The molecule has 4 rings (SSSR count). The Balaban J connectivity index is 1.69. The molecule has 0 saturated carbocycles. The van der Waals surface area contributed by atoms with Crippen molar-refractivity contribution in [3.05, 3.63) is 64.3 Å². The summed E-state index contributed by atoms with van der Waals surface area (Å²) in [4.78, 5) is 20.1. The van der Waals surface area contributed by atoms with Crippen LogP contribution in [-0.2, 0) is 0 Å². The van der Waals surface area contributed by atoms with Crippen molar-refractivity contribution in [2.24, 2.45) is 0 Å². The molecule has 3 aromatic rings. The van der Waals surface area contributed by atoms with Gasteiger partial charge in [-0.3, -0.25) is 9.78 Å². The second-order valence-corrected chi connectivity index (χ2v) is 7.55. The van der Waals surface area contributed by atoms with Gasteiger partial charge in [-0.05, 0) is 49.1 Å². The van der Waals surface area contributed by atoms with E-state index in [1.165, 1.54) is 11.3 Å². The van der Waals surface area contributed by atoms with Gasteiger partial charge in [0, 0.05) is 34.0 Å². The van der Waals surface area contributed by atoms with Gasteiger partial charge in [-0.2, -0.15) is 0 Å². The molecule has 0 radical (unpaired) electrons. The number of amides is 1. The van der Waals surface area contributed by atoms with Crippen molar-refractivity contribution in [1.29, 1.82) is 0 Å². The summed E-state index contributed by atoms with van der Waals surface area (Å²) in [5.41, 5.74) is 1.12. The largest absolute Gasteiger partial charge is 0.331 e. The second-order valence-electron chi connectivity index (χ2n) is 6.06. The van der Waals surface area contributed by atoms with Gasteiger partial charge < -0.3 is 4.90 Å². The fraction of sp³-hybridized carbons (Fsp3) is 0.263. The summed E-state index contributed by atoms with van der Waals surface area (Å²) in [6.07, 6.45) is 6.82. The molecule has 1 atom stereocenters. The van der Waals surface area contributed by atoms with Crippen molar-refractivity contribution in [3.8, 4) is 0 Å². The van der Waals surface area contributed by atoms with E-state index in [4.69, 9.17) is 11.6 Å². The minimum absolute atomic E-state index is 0.0980. The molecule has 24 heavy (non-hydrogen) atoms. The smallest absolute Gasteiger partial charge is 0.264 e. The Bertz CT molecular complexity index is 877. The Morgan fingerprint density at radius 2 is 2.17 bits per heavy atom. The van der Waals surface area contributed by atoms with Crippen LogP contribution in [0.4, 0.5) is 0 Å². The summed E-state index contributed by atoms with van der Waals surface area (Å²) < 4.78 is 1.06. The first-order valence-corrected chi connectivity index (χ1v) is 9.32. The van der Waals surface area contributed by atoms with Crippen LogP contribution in [0.15, 0.2) is 48.8 Å². The maximum atomic E-state index is 13.1. The first kappa shape index (κ1) is 15.6. The van der Waals surface area contributed by atoms with Crippen molar-refractivity contribution < 1.29 is 4.79 Å². The second kappa shape index (κ2) is 6.54. The number of thiophene rings is 1. The molecule has 1 unspecified atom stereocenters. The first-order valence-electron chi connectivity index (χ1n) is 8.13. The van der Waals surface area contributed by atoms with Gasteiger partial charge in [-0.1, -0.05) is 23.7 Å². The SMILES string of the molecule is O=C(c1cc2c(Cl)cccc2s1)N1CCCCC1c1cccnc1. The predicted molar refractivity (Wildman–Crippen MR) is 98.7 cm³/mol. The van der Waals surface area contributed by atoms with E-state index < -0.39 is 0 Å². The normalized spacial score (nSPS) is 18.0. The number of nitrogens with zero attached hydrogens (tertiary/aromatic N) is 2. The Hall–Kier alpha value is -1.91. The van der Waals surface area contributed by atoms with E-state index in [9.17, 15) is 4.79 Å². The molecule has 0 bridgehead atoms. The number of carbonyl (C=O) groups is 1. The van der Waals surface area contributed by atoms with Crippen molar-refractivity contribution in [2.75, 3.05) is 6.54 Å². The van der Waals surface area contributed by atoms with Crippen LogP contribution in [0.3, 0.4) is 0 Å². The van der Waals surface area contributed by atoms with E-state index in [-0.39, 0.29) is 11.9 Å². The summed E-state index contributed by atoms with van der Waals surface area (Å²) in [6, 6.07) is 11.8. The van der Waals surface area contributed by atoms with Crippen molar-refractivity contribution >= 4 is 38.9 Å². The highest BCUT2D eigenvalue weighted by Crippen LogP contribution is 2.36. The monoisotopic (exact) mass is 356 g/mol. The minimum Gasteiger partial charge on any atom is -0.331 e. The third kappa shape index (κ3) is 2.80. The van der Waals surface area contributed by atoms with Crippen LogP contribution in [0.2, 0.25) is 5.02 Å². The van der Waals surface area contributed by atoms with Crippen LogP contribution in [0.25, 0.3) is 10.1 Å². The molecule has 1 fully saturated rings. The van der Waals surface area contributed by atoms with Crippen LogP contribution in [0.1, 0.15) is 40.5 Å². The number of carbonyl (C=O) groups excluding carboxylic acids is 1. The molecule has 1 aromatic carbocycles. The zero-order valence-corrected chi connectivity index (χ0v) is 14.7. The highest BCUT2D eigenvalue weighted by Gasteiger charge is 2.29. The number of likely N-dealkylation sites (tertiary alicyclic amines) is 1. The van der Waals surface area contributed by atoms with Gasteiger partial charge in [-0.15, -0.1) is 11.3 Å². The highest BCUT2D eigenvalue weighted by molar-refractivity contribution is 7.20. The Labute approximate surface area is 149 Å². The molecule has 0 spiro atoms. The average molecular weight is 357 g/mol. The third-order valence-electron chi connectivity index (χ3n) is 4.55. The van der Waals surface area contributed by atoms with Crippen molar-refractivity contribution in [3.63, 3.8) is 0 Å². The molecule has 1 aliphatic heterocycles. The maximum Gasteiger partial charge on any atom is 0.264 e. The van der Waals surface area contributed by atoms with E-state index in [0.29, 0.717) is 5.02 Å². The maximum absolute atomic E-state index is 13.1. The lowest BCUT2D eigenvalue weighted by molar-refractivity contribution is 0.0616. The van der Waals surface area contributed by atoms with Crippen LogP contribution in [0.5, 0.6) is 0 Å². The topological polar surface area (TPSA) is 33.2 Å². The van der Waals surface area contributed by atoms with Gasteiger partial charge in [0.1, 0.15) is 0 Å². The first-order chi connectivity index (χ1) is 11.7. The minimum atomic E-state index is 0.0980. The van der Waals surface area contributed by atoms with E-state index in [0.717, 1.165) is 46.3 Å². The summed E-state index contributed by atoms with van der Waals surface area (Å²) >= 11 is 7.78. The molecule has 1 amide bonds. The van der Waals surface area contributed by atoms with Crippen molar-refractivity contribution in [2.45, 2.75) is 25.3 Å². The fourth-order valence-corrected chi connectivity index (χ4v) is 4.70. The lowest BCUT2D eigenvalue weighted by Gasteiger charge is -2.35. The van der Waals surface area contributed by atoms with Gasteiger partial charge in [0.2, 0.25) is 0 Å². The van der Waals surface area contributed by atoms with E-state index in [1.807, 2.05) is 41.4 Å². The lowest BCUT2D eigenvalue weighted by atomic mass is 9.96. The molecule has 0 N–H and O–H groups in total. The van der Waals surface area contributed by atoms with E-state index >= 15 is 0 Å². The summed E-state index contributed by atoms with van der Waals surface area (Å²) in [5.74, 6) is 0.0980. The zero-order valence-electron chi connectivity index (χ0n) is 13.1. The number of aromatic nitrogens is 1. The van der Waals surface area contributed by atoms with Gasteiger partial charge in [0.25, 0.3) is 5.91 Å². The zero-order chi connectivity index (χ0) is 16.5. The van der Waals surface area contributed by atoms with Gasteiger partial charge in [0.15, 0.2) is 0 Å². The fourth-order valence-electron chi connectivity index (χ4n) is 3.37. The van der Waals surface area contributed by atoms with Gasteiger partial charge in [0.05, 0.1) is 10.9 Å². The molecule has 3 heterocycles. The number of rotatable bonds is 2. The molecular formula is C19H17ClN2OS. The van der Waals surface area contributed by atoms with E-state index in [1.54, 1.807) is 6.20 Å². The summed E-state index contributed by atoms with van der Waals surface area (Å²) in [5, 5.41) is 1.66. The number of piperidine rings is 1. The van der Waals surface area contributed by atoms with Gasteiger partial charge in [-0.25, -0.2) is 0 Å². The van der Waals surface area contributed by atoms with Gasteiger partial charge >= 0.3 is 0 Å². The standard InChI is InChI=1S/C19H17ClN2OS/c20-15-6-3-8-17-14(15)11-18(24-17)19(23)22-10-2-1-7-16(22)13-5-4-9-21-12-13/h3-6,8-9,11-12,16H,1-2,7,10H2. The average Bonchev–Trinajstić information content (AvgIpc) is 3.08. The van der Waals surface area contributed by atoms with Crippen molar-refractivity contribution in [1.82, 2.24) is 9.88 Å². The lowest BCUT2D eigenvalue weighted by Crippen LogP contribution is -2.38. The summed E-state index contributed by atoms with van der Waals surface area (Å²) in [7, 11) is 0. The van der Waals surface area contributed by atoms with Crippen LogP contribution in [-0.4, -0.2) is 22.3 Å². The molecular weight excluding hydrogens is 340 g/mol. The number of fused-ring (bicyclic) bond motifs is 1. The molecule has 2 aromatic heterocycles. The number of pyridine rings is 1. The molecule has 3 nitrogen and oxygen atoms in total. The third-order valence-corrected chi connectivity index (χ3v) is 5.97. The van der Waals surface area contributed by atoms with E-state index in [2.05, 4.69) is 11.1 Å². The van der Waals surface area contributed by atoms with Crippen LogP contribution < -0.4 is 0 Å². The number of halogens is 1. The predicted octanol–water partition coefficient (Wildman–Crippen LogP) is 5.32. The molecule has 1 saturated heterocycles.